The van der Waals surface area contributed by atoms with E-state index in [4.69, 9.17) is 23.2 Å². The van der Waals surface area contributed by atoms with Crippen molar-refractivity contribution in [3.05, 3.63) is 203 Å². The molecule has 0 fully saturated rings. The number of benzene rings is 8. The van der Waals surface area contributed by atoms with Gasteiger partial charge in [0.25, 0.3) is 0 Å². The van der Waals surface area contributed by atoms with Gasteiger partial charge in [0.15, 0.2) is 0 Å². The maximum absolute atomic E-state index is 6.44. The molecule has 0 spiro atoms. The smallest absolute Gasteiger partial charge is 0.0542 e. The maximum atomic E-state index is 6.44. The molecule has 1 aromatic heterocycles. The summed E-state index contributed by atoms with van der Waals surface area (Å²) in [4.78, 5) is 2.41. The molecule has 0 amide bonds. The molecule has 2 nitrogen and oxygen atoms in total. The number of nitrogens with zero attached hydrogens (tertiary/aromatic N) is 2. The summed E-state index contributed by atoms with van der Waals surface area (Å²) in [5.74, 6) is 0. The molecule has 0 N–H and O–H groups in total. The van der Waals surface area contributed by atoms with Gasteiger partial charge >= 0.3 is 0 Å². The van der Waals surface area contributed by atoms with Crippen LogP contribution in [0.1, 0.15) is 25.0 Å². The predicted octanol–water partition coefficient (Wildman–Crippen LogP) is 15.2. The number of halogens is 2. The van der Waals surface area contributed by atoms with Crippen molar-refractivity contribution in [2.24, 2.45) is 0 Å². The number of para-hydroxylation sites is 1. The summed E-state index contributed by atoms with van der Waals surface area (Å²) in [5.41, 5.74) is 16.5. The normalized spacial score (nSPS) is 12.9. The topological polar surface area (TPSA) is 8.17 Å². The standard InChI is InChI=1S/C51H36Cl2N2/c1-51(2)46-14-8-6-13-42(46)43-27-26-40(32-47(43)51)54(48-15-9-7-12-41(48)35-10-4-3-5-11-35)38-22-16-33(17-23-38)34-18-24-39(25-19-34)55-49-28-20-36(52)30-44(49)45-31-37(53)21-29-50(45)55/h3-32H,1-2H3. The SMILES string of the molecule is CC1(C)c2ccccc2-c2ccc(N(c3ccc(-c4ccc(-n5c6ccc(Cl)cc6c6cc(Cl)ccc65)cc4)cc3)c3ccccc3-c3ccccc3)cc21. The predicted molar refractivity (Wildman–Crippen MR) is 234 cm³/mol. The molecule has 0 radical (unpaired) electrons. The van der Waals surface area contributed by atoms with Gasteiger partial charge in [0.2, 0.25) is 0 Å². The number of anilines is 3. The van der Waals surface area contributed by atoms with Crippen LogP contribution in [0.4, 0.5) is 17.1 Å². The van der Waals surface area contributed by atoms with Crippen LogP contribution in [0.15, 0.2) is 182 Å². The summed E-state index contributed by atoms with van der Waals surface area (Å²) in [5, 5.41) is 3.58. The van der Waals surface area contributed by atoms with Crippen molar-refractivity contribution < 1.29 is 0 Å². The molecular formula is C51H36Cl2N2. The molecule has 0 aliphatic heterocycles. The first-order valence-corrected chi connectivity index (χ1v) is 19.4. The van der Waals surface area contributed by atoms with Crippen LogP contribution in [0.2, 0.25) is 10.0 Å². The molecule has 0 atom stereocenters. The van der Waals surface area contributed by atoms with Gasteiger partial charge in [0, 0.05) is 48.9 Å². The third-order valence-electron chi connectivity index (χ3n) is 11.3. The average molecular weight is 748 g/mol. The van der Waals surface area contributed by atoms with Crippen LogP contribution in [0.25, 0.3) is 60.9 Å². The van der Waals surface area contributed by atoms with Crippen molar-refractivity contribution in [1.82, 2.24) is 4.57 Å². The lowest BCUT2D eigenvalue weighted by Gasteiger charge is -2.30. The maximum Gasteiger partial charge on any atom is 0.0542 e. The highest BCUT2D eigenvalue weighted by atomic mass is 35.5. The van der Waals surface area contributed by atoms with E-state index in [1.54, 1.807) is 0 Å². The van der Waals surface area contributed by atoms with Crippen LogP contribution in [0.3, 0.4) is 0 Å². The molecular weight excluding hydrogens is 711 g/mol. The van der Waals surface area contributed by atoms with Gasteiger partial charge in [-0.15, -0.1) is 0 Å². The van der Waals surface area contributed by atoms with Crippen LogP contribution in [-0.4, -0.2) is 4.57 Å². The molecule has 4 heteroatoms. The molecule has 0 unspecified atom stereocenters. The Balaban J connectivity index is 1.06. The number of hydrogen-bond donors (Lipinski definition) is 0. The summed E-state index contributed by atoms with van der Waals surface area (Å²) >= 11 is 12.9. The lowest BCUT2D eigenvalue weighted by Crippen LogP contribution is -2.16. The van der Waals surface area contributed by atoms with Crippen molar-refractivity contribution in [3.63, 3.8) is 0 Å². The van der Waals surface area contributed by atoms with E-state index in [2.05, 4.69) is 181 Å². The Bertz CT molecular complexity index is 2850. The van der Waals surface area contributed by atoms with E-state index < -0.39 is 0 Å². The van der Waals surface area contributed by atoms with E-state index >= 15 is 0 Å². The molecule has 1 aliphatic rings. The van der Waals surface area contributed by atoms with E-state index in [-0.39, 0.29) is 5.41 Å². The summed E-state index contributed by atoms with van der Waals surface area (Å²) in [7, 11) is 0. The van der Waals surface area contributed by atoms with Gasteiger partial charge < -0.3 is 9.47 Å². The monoisotopic (exact) mass is 746 g/mol. The van der Waals surface area contributed by atoms with Crippen LogP contribution >= 0.6 is 23.2 Å². The van der Waals surface area contributed by atoms with Crippen molar-refractivity contribution in [2.75, 3.05) is 4.90 Å². The molecule has 10 rings (SSSR count). The Morgan fingerprint density at radius 1 is 0.436 bits per heavy atom. The van der Waals surface area contributed by atoms with E-state index in [0.717, 1.165) is 55.7 Å². The second kappa shape index (κ2) is 13.1. The number of aromatic nitrogens is 1. The molecule has 55 heavy (non-hydrogen) atoms. The minimum atomic E-state index is -0.109. The first-order valence-electron chi connectivity index (χ1n) is 18.6. The Hall–Kier alpha value is -6.06. The lowest BCUT2D eigenvalue weighted by molar-refractivity contribution is 0.660. The Labute approximate surface area is 331 Å². The van der Waals surface area contributed by atoms with Crippen molar-refractivity contribution in [1.29, 1.82) is 0 Å². The second-order valence-electron chi connectivity index (χ2n) is 14.9. The fraction of sp³-hybridized carbons (Fsp3) is 0.0588. The summed E-state index contributed by atoms with van der Waals surface area (Å²) in [6.07, 6.45) is 0. The first kappa shape index (κ1) is 33.5. The van der Waals surface area contributed by atoms with Gasteiger partial charge in [-0.1, -0.05) is 140 Å². The van der Waals surface area contributed by atoms with E-state index in [1.807, 2.05) is 24.3 Å². The van der Waals surface area contributed by atoms with Gasteiger partial charge in [0.1, 0.15) is 0 Å². The van der Waals surface area contributed by atoms with Crippen molar-refractivity contribution in [3.8, 4) is 39.1 Å². The minimum absolute atomic E-state index is 0.109. The third kappa shape index (κ3) is 5.56. The summed E-state index contributed by atoms with van der Waals surface area (Å²) < 4.78 is 2.28. The molecule has 0 bridgehead atoms. The summed E-state index contributed by atoms with van der Waals surface area (Å²) in [6.45, 7) is 4.69. The molecule has 264 valence electrons. The van der Waals surface area contributed by atoms with E-state index in [9.17, 15) is 0 Å². The molecule has 0 saturated carbocycles. The first-order chi connectivity index (χ1) is 26.8. The minimum Gasteiger partial charge on any atom is -0.310 e. The van der Waals surface area contributed by atoms with Crippen LogP contribution in [0, 0.1) is 0 Å². The fourth-order valence-corrected chi connectivity index (χ4v) is 8.99. The van der Waals surface area contributed by atoms with Gasteiger partial charge in [-0.25, -0.2) is 0 Å². The second-order valence-corrected chi connectivity index (χ2v) is 15.7. The largest absolute Gasteiger partial charge is 0.310 e. The molecule has 1 aliphatic carbocycles. The Morgan fingerprint density at radius 2 is 0.982 bits per heavy atom. The quantitative estimate of drug-likeness (QED) is 0.164. The Kier molecular flexibility index (Phi) is 7.95. The third-order valence-corrected chi connectivity index (χ3v) is 11.8. The fourth-order valence-electron chi connectivity index (χ4n) is 8.64. The van der Waals surface area contributed by atoms with E-state index in [1.165, 1.54) is 33.4 Å². The average Bonchev–Trinajstić information content (AvgIpc) is 3.66. The molecule has 0 saturated heterocycles. The number of fused-ring (bicyclic) bond motifs is 6. The highest BCUT2D eigenvalue weighted by Crippen LogP contribution is 2.51. The van der Waals surface area contributed by atoms with Crippen LogP contribution in [0.5, 0.6) is 0 Å². The molecule has 9 aromatic rings. The van der Waals surface area contributed by atoms with Gasteiger partial charge in [0.05, 0.1) is 16.7 Å². The summed E-state index contributed by atoms with van der Waals surface area (Å²) in [6, 6.07) is 65.1. The van der Waals surface area contributed by atoms with Crippen LogP contribution < -0.4 is 4.90 Å². The van der Waals surface area contributed by atoms with E-state index in [0.29, 0.717) is 10.0 Å². The molecule has 8 aromatic carbocycles. The molecule has 1 heterocycles. The van der Waals surface area contributed by atoms with Gasteiger partial charge in [-0.2, -0.15) is 0 Å². The number of rotatable bonds is 6. The zero-order valence-corrected chi connectivity index (χ0v) is 32.0. The van der Waals surface area contributed by atoms with Crippen LogP contribution in [-0.2, 0) is 5.41 Å². The van der Waals surface area contributed by atoms with Crippen molar-refractivity contribution >= 4 is 62.1 Å². The highest BCUT2D eigenvalue weighted by Gasteiger charge is 2.35. The van der Waals surface area contributed by atoms with Crippen molar-refractivity contribution in [2.45, 2.75) is 19.3 Å². The van der Waals surface area contributed by atoms with Gasteiger partial charge in [-0.05, 0) is 118 Å². The lowest BCUT2D eigenvalue weighted by atomic mass is 9.82. The number of hydrogen-bond acceptors (Lipinski definition) is 1. The highest BCUT2D eigenvalue weighted by molar-refractivity contribution is 6.33. The van der Waals surface area contributed by atoms with Gasteiger partial charge in [-0.3, -0.25) is 0 Å². The zero-order valence-electron chi connectivity index (χ0n) is 30.5. The Morgan fingerprint density at radius 3 is 1.65 bits per heavy atom. The zero-order chi connectivity index (χ0) is 37.3.